The van der Waals surface area contributed by atoms with Gasteiger partial charge in [-0.2, -0.15) is 0 Å². The number of rotatable bonds is 4. The highest BCUT2D eigenvalue weighted by atomic mass is 127. The third-order valence-corrected chi connectivity index (χ3v) is 5.79. The minimum absolute atomic E-state index is 0.0543. The third kappa shape index (κ3) is 4.08. The average molecular weight is 409 g/mol. The first kappa shape index (κ1) is 15.6. The topological polar surface area (TPSA) is 63.7 Å². The van der Waals surface area contributed by atoms with E-state index < -0.39 is 9.84 Å². The molecule has 0 N–H and O–H groups in total. The minimum atomic E-state index is -2.98. The molecule has 1 unspecified atom stereocenters. The summed E-state index contributed by atoms with van der Waals surface area (Å²) >= 11 is 2.19. The maximum absolute atomic E-state index is 12.0. The average Bonchev–Trinajstić information content (AvgIpc) is 2.77. The van der Waals surface area contributed by atoms with E-state index in [1.54, 1.807) is 19.2 Å². The molecular formula is C13H16INO4S. The van der Waals surface area contributed by atoms with Gasteiger partial charge in [0.05, 0.1) is 11.5 Å². The Balaban J connectivity index is 1.87. The molecule has 1 aliphatic heterocycles. The molecule has 0 saturated carbocycles. The predicted octanol–water partition coefficient (Wildman–Crippen LogP) is 1.32. The minimum Gasteiger partial charge on any atom is -0.484 e. The van der Waals surface area contributed by atoms with Crippen molar-refractivity contribution in [1.29, 1.82) is 0 Å². The monoisotopic (exact) mass is 409 g/mol. The van der Waals surface area contributed by atoms with Crippen molar-refractivity contribution in [3.63, 3.8) is 0 Å². The molecule has 1 aromatic rings. The molecule has 0 radical (unpaired) electrons. The summed E-state index contributed by atoms with van der Waals surface area (Å²) < 4.78 is 29.3. The van der Waals surface area contributed by atoms with Gasteiger partial charge in [-0.05, 0) is 53.3 Å². The van der Waals surface area contributed by atoms with Gasteiger partial charge in [0.2, 0.25) is 0 Å². The van der Waals surface area contributed by atoms with Crippen molar-refractivity contribution >= 4 is 38.3 Å². The molecule has 1 heterocycles. The van der Waals surface area contributed by atoms with Gasteiger partial charge in [-0.15, -0.1) is 0 Å². The van der Waals surface area contributed by atoms with Gasteiger partial charge in [-0.1, -0.05) is 0 Å². The summed E-state index contributed by atoms with van der Waals surface area (Å²) in [5.74, 6) is 0.642. The second-order valence-electron chi connectivity index (χ2n) is 4.80. The Morgan fingerprint density at radius 3 is 2.60 bits per heavy atom. The van der Waals surface area contributed by atoms with Crippen LogP contribution < -0.4 is 4.74 Å². The van der Waals surface area contributed by atoms with E-state index in [0.29, 0.717) is 12.2 Å². The molecular weight excluding hydrogens is 393 g/mol. The van der Waals surface area contributed by atoms with Crippen molar-refractivity contribution in [3.05, 3.63) is 27.8 Å². The largest absolute Gasteiger partial charge is 0.484 e. The van der Waals surface area contributed by atoms with Crippen LogP contribution in [0.3, 0.4) is 0 Å². The summed E-state index contributed by atoms with van der Waals surface area (Å²) in [6.45, 7) is -0.0758. The molecule has 0 bridgehead atoms. The lowest BCUT2D eigenvalue weighted by Gasteiger charge is -2.23. The van der Waals surface area contributed by atoms with Crippen LogP contribution >= 0.6 is 22.6 Å². The van der Waals surface area contributed by atoms with E-state index in [9.17, 15) is 13.2 Å². The van der Waals surface area contributed by atoms with Crippen LogP contribution in [0.4, 0.5) is 0 Å². The van der Waals surface area contributed by atoms with Gasteiger partial charge in [0.25, 0.3) is 5.91 Å². The highest BCUT2D eigenvalue weighted by molar-refractivity contribution is 14.1. The Hall–Kier alpha value is -0.830. The zero-order valence-electron chi connectivity index (χ0n) is 11.1. The summed E-state index contributed by atoms with van der Waals surface area (Å²) in [7, 11) is -1.35. The zero-order valence-corrected chi connectivity index (χ0v) is 14.1. The first-order valence-corrected chi connectivity index (χ1v) is 9.12. The number of likely N-dealkylation sites (N-methyl/N-ethyl adjacent to an activating group) is 1. The Kier molecular flexibility index (Phi) is 4.90. The molecule has 0 aromatic heterocycles. The third-order valence-electron chi connectivity index (χ3n) is 3.33. The maximum atomic E-state index is 12.0. The van der Waals surface area contributed by atoms with Gasteiger partial charge in [-0.3, -0.25) is 4.79 Å². The number of carbonyl (C=O) groups is 1. The Morgan fingerprint density at radius 2 is 2.05 bits per heavy atom. The van der Waals surface area contributed by atoms with Gasteiger partial charge in [0, 0.05) is 16.7 Å². The van der Waals surface area contributed by atoms with Crippen molar-refractivity contribution in [2.24, 2.45) is 0 Å². The standard InChI is InChI=1S/C13H16INO4S/c1-15(11-6-7-20(17,18)9-11)13(16)8-19-12-4-2-10(14)3-5-12/h2-5,11H,6-9H2,1H3. The molecule has 1 amide bonds. The van der Waals surface area contributed by atoms with Gasteiger partial charge >= 0.3 is 0 Å². The number of benzene rings is 1. The van der Waals surface area contributed by atoms with Crippen LogP contribution in [-0.2, 0) is 14.6 Å². The van der Waals surface area contributed by atoms with E-state index in [4.69, 9.17) is 4.74 Å². The van der Waals surface area contributed by atoms with Crippen LogP contribution in [0.5, 0.6) is 5.75 Å². The summed E-state index contributed by atoms with van der Waals surface area (Å²) in [4.78, 5) is 13.5. The molecule has 1 fully saturated rings. The quantitative estimate of drug-likeness (QED) is 0.704. The van der Waals surface area contributed by atoms with E-state index in [1.807, 2.05) is 12.1 Å². The lowest BCUT2D eigenvalue weighted by Crippen LogP contribution is -2.40. The van der Waals surface area contributed by atoms with Crippen LogP contribution in [0.25, 0.3) is 0 Å². The summed E-state index contributed by atoms with van der Waals surface area (Å²) in [6.07, 6.45) is 0.508. The molecule has 110 valence electrons. The van der Waals surface area contributed by atoms with Crippen molar-refractivity contribution in [3.8, 4) is 5.75 Å². The normalized spacial score (nSPS) is 20.6. The van der Waals surface area contributed by atoms with Gasteiger partial charge in [0.1, 0.15) is 5.75 Å². The van der Waals surface area contributed by atoms with E-state index in [2.05, 4.69) is 22.6 Å². The van der Waals surface area contributed by atoms with E-state index in [1.165, 1.54) is 4.90 Å². The van der Waals surface area contributed by atoms with Crippen molar-refractivity contribution < 1.29 is 17.9 Å². The smallest absolute Gasteiger partial charge is 0.260 e. The number of nitrogens with zero attached hydrogens (tertiary/aromatic N) is 1. The second kappa shape index (κ2) is 6.30. The lowest BCUT2D eigenvalue weighted by molar-refractivity contribution is -0.133. The van der Waals surface area contributed by atoms with Gasteiger partial charge in [0.15, 0.2) is 16.4 Å². The van der Waals surface area contributed by atoms with Crippen LogP contribution in [0.2, 0.25) is 0 Å². The van der Waals surface area contributed by atoms with Crippen molar-refractivity contribution in [2.45, 2.75) is 12.5 Å². The second-order valence-corrected chi connectivity index (χ2v) is 8.28. The summed E-state index contributed by atoms with van der Waals surface area (Å²) in [5.41, 5.74) is 0. The first-order valence-electron chi connectivity index (χ1n) is 6.22. The molecule has 0 spiro atoms. The highest BCUT2D eigenvalue weighted by Crippen LogP contribution is 2.17. The number of carbonyl (C=O) groups excluding carboxylic acids is 1. The van der Waals surface area contributed by atoms with Crippen LogP contribution in [0, 0.1) is 3.57 Å². The molecule has 2 rings (SSSR count). The summed E-state index contributed by atoms with van der Waals surface area (Å²) in [5, 5.41) is 0. The molecule has 5 nitrogen and oxygen atoms in total. The fourth-order valence-electron chi connectivity index (χ4n) is 2.06. The number of hydrogen-bond acceptors (Lipinski definition) is 4. The number of halogens is 1. The van der Waals surface area contributed by atoms with E-state index >= 15 is 0 Å². The van der Waals surface area contributed by atoms with Gasteiger partial charge < -0.3 is 9.64 Å². The maximum Gasteiger partial charge on any atom is 0.260 e. The van der Waals surface area contributed by atoms with E-state index in [0.717, 1.165) is 3.57 Å². The fourth-order valence-corrected chi connectivity index (χ4v) is 4.20. The molecule has 0 aliphatic carbocycles. The van der Waals surface area contributed by atoms with Gasteiger partial charge in [-0.25, -0.2) is 8.42 Å². The van der Waals surface area contributed by atoms with Crippen LogP contribution in [-0.4, -0.2) is 50.4 Å². The first-order chi connectivity index (χ1) is 9.37. The lowest BCUT2D eigenvalue weighted by atomic mass is 10.2. The molecule has 1 atom stereocenters. The summed E-state index contributed by atoms with van der Waals surface area (Å²) in [6, 6.07) is 7.17. The Morgan fingerprint density at radius 1 is 1.40 bits per heavy atom. The molecule has 1 aliphatic rings. The SMILES string of the molecule is CN(C(=O)COc1ccc(I)cc1)C1CCS(=O)(=O)C1. The Labute approximate surface area is 132 Å². The number of ether oxygens (including phenoxy) is 1. The predicted molar refractivity (Wildman–Crippen MR) is 84.5 cm³/mol. The molecule has 1 saturated heterocycles. The number of sulfone groups is 1. The Bertz CT molecular complexity index is 585. The molecule has 1 aromatic carbocycles. The fraction of sp³-hybridized carbons (Fsp3) is 0.462. The molecule has 7 heteroatoms. The van der Waals surface area contributed by atoms with Crippen molar-refractivity contribution in [1.82, 2.24) is 4.90 Å². The number of amides is 1. The van der Waals surface area contributed by atoms with Crippen LogP contribution in [0.1, 0.15) is 6.42 Å². The van der Waals surface area contributed by atoms with Crippen LogP contribution in [0.15, 0.2) is 24.3 Å². The number of hydrogen-bond donors (Lipinski definition) is 0. The van der Waals surface area contributed by atoms with E-state index in [-0.39, 0.29) is 30.1 Å². The molecule has 20 heavy (non-hydrogen) atoms. The van der Waals surface area contributed by atoms with Crippen molar-refractivity contribution in [2.75, 3.05) is 25.2 Å². The zero-order chi connectivity index (χ0) is 14.8. The highest BCUT2D eigenvalue weighted by Gasteiger charge is 2.32.